The predicted octanol–water partition coefficient (Wildman–Crippen LogP) is -0.905. The minimum Gasteiger partial charge on any atom is -0.508 e. The second kappa shape index (κ2) is 10.5. The molecule has 2 aromatic rings. The summed E-state index contributed by atoms with van der Waals surface area (Å²) >= 11 is 0. The molecule has 0 saturated carbocycles. The number of phenols is 2. The van der Waals surface area contributed by atoms with Gasteiger partial charge in [0.1, 0.15) is 47.4 Å². The van der Waals surface area contributed by atoms with Crippen molar-refractivity contribution in [2.45, 2.75) is 42.7 Å². The Hall–Kier alpha value is -2.64. The lowest BCUT2D eigenvalue weighted by atomic mass is 9.88. The van der Waals surface area contributed by atoms with Crippen LogP contribution in [0.2, 0.25) is 0 Å². The van der Waals surface area contributed by atoms with Crippen LogP contribution in [0.1, 0.15) is 23.1 Å². The Bertz CT molecular complexity index is 935. The van der Waals surface area contributed by atoms with Crippen molar-refractivity contribution in [1.29, 1.82) is 0 Å². The number of aliphatic hydroxyl groups is 6. The van der Waals surface area contributed by atoms with Crippen molar-refractivity contribution in [2.75, 3.05) is 20.3 Å². The second-order valence-electron chi connectivity index (χ2n) is 7.69. The van der Waals surface area contributed by atoms with Crippen molar-refractivity contribution >= 4 is 0 Å². The molecule has 11 heteroatoms. The van der Waals surface area contributed by atoms with Crippen molar-refractivity contribution in [2.24, 2.45) is 0 Å². The molecule has 0 spiro atoms. The van der Waals surface area contributed by atoms with E-state index in [4.69, 9.17) is 14.2 Å². The molecule has 7 atom stereocenters. The highest BCUT2D eigenvalue weighted by Gasteiger charge is 2.44. The number of aliphatic hydroxyl groups excluding tert-OH is 6. The first-order valence-corrected chi connectivity index (χ1v) is 10.2. The van der Waals surface area contributed by atoms with E-state index in [9.17, 15) is 40.9 Å². The summed E-state index contributed by atoms with van der Waals surface area (Å²) in [6, 6.07) is 8.18. The fourth-order valence-electron chi connectivity index (χ4n) is 3.69. The Morgan fingerprint density at radius 1 is 0.879 bits per heavy atom. The van der Waals surface area contributed by atoms with E-state index in [0.29, 0.717) is 5.75 Å². The van der Waals surface area contributed by atoms with Gasteiger partial charge in [0.2, 0.25) is 6.29 Å². The lowest BCUT2D eigenvalue weighted by molar-refractivity contribution is -0.277. The molecule has 0 unspecified atom stereocenters. The highest BCUT2D eigenvalue weighted by atomic mass is 16.7. The van der Waals surface area contributed by atoms with Gasteiger partial charge < -0.3 is 55.1 Å². The summed E-state index contributed by atoms with van der Waals surface area (Å²) in [5.74, 6) is -1.19. The van der Waals surface area contributed by atoms with Gasteiger partial charge in [0.25, 0.3) is 0 Å². The van der Waals surface area contributed by atoms with Gasteiger partial charge in [0.05, 0.1) is 26.4 Å². The van der Waals surface area contributed by atoms with E-state index in [1.54, 1.807) is 6.07 Å². The molecule has 1 saturated heterocycles. The van der Waals surface area contributed by atoms with Gasteiger partial charge in [-0.05, 0) is 18.2 Å². The molecule has 0 aliphatic carbocycles. The number of phenolic OH excluding ortho intramolecular Hbond substituents is 2. The van der Waals surface area contributed by atoms with Gasteiger partial charge in [0, 0.05) is 29.2 Å². The van der Waals surface area contributed by atoms with E-state index < -0.39 is 61.7 Å². The third-order valence-electron chi connectivity index (χ3n) is 5.64. The summed E-state index contributed by atoms with van der Waals surface area (Å²) in [6.45, 7) is -1.16. The molecule has 3 rings (SSSR count). The molecule has 182 valence electrons. The topological polar surface area (TPSA) is 190 Å². The van der Waals surface area contributed by atoms with E-state index >= 15 is 0 Å². The molecule has 2 aromatic carbocycles. The molecule has 8 N–H and O–H groups in total. The molecule has 1 heterocycles. The van der Waals surface area contributed by atoms with Crippen molar-refractivity contribution in [3.05, 3.63) is 47.5 Å². The van der Waals surface area contributed by atoms with Gasteiger partial charge in [-0.3, -0.25) is 0 Å². The Morgan fingerprint density at radius 3 is 2.06 bits per heavy atom. The molecular weight excluding hydrogens is 440 g/mol. The van der Waals surface area contributed by atoms with Gasteiger partial charge in [-0.2, -0.15) is 0 Å². The minimum atomic E-state index is -1.63. The number of hydrogen-bond donors (Lipinski definition) is 8. The smallest absolute Gasteiger partial charge is 0.229 e. The van der Waals surface area contributed by atoms with E-state index in [-0.39, 0.29) is 22.6 Å². The van der Waals surface area contributed by atoms with E-state index in [1.807, 2.05) is 0 Å². The van der Waals surface area contributed by atoms with Crippen LogP contribution in [0, 0.1) is 0 Å². The molecule has 1 fully saturated rings. The zero-order chi connectivity index (χ0) is 24.3. The number of aromatic hydroxyl groups is 2. The highest BCUT2D eigenvalue weighted by molar-refractivity contribution is 5.46. The second-order valence-corrected chi connectivity index (χ2v) is 7.69. The maximum atomic E-state index is 10.8. The van der Waals surface area contributed by atoms with E-state index in [1.165, 1.54) is 31.4 Å². The summed E-state index contributed by atoms with van der Waals surface area (Å²) in [5.41, 5.74) is 0.275. The van der Waals surface area contributed by atoms with E-state index in [2.05, 4.69) is 0 Å². The minimum absolute atomic E-state index is 0.000577. The maximum Gasteiger partial charge on any atom is 0.229 e. The average Bonchev–Trinajstić information content (AvgIpc) is 2.80. The first kappa shape index (κ1) is 25.0. The normalized spacial score (nSPS) is 27.1. The summed E-state index contributed by atoms with van der Waals surface area (Å²) < 4.78 is 15.7. The summed E-state index contributed by atoms with van der Waals surface area (Å²) in [6.07, 6.45) is -8.82. The van der Waals surface area contributed by atoms with Crippen molar-refractivity contribution in [1.82, 2.24) is 0 Å². The van der Waals surface area contributed by atoms with Crippen LogP contribution in [-0.4, -0.2) is 91.9 Å². The molecule has 33 heavy (non-hydrogen) atoms. The summed E-state index contributed by atoms with van der Waals surface area (Å²) in [5, 5.41) is 80.4. The predicted molar refractivity (Wildman–Crippen MR) is 112 cm³/mol. The monoisotopic (exact) mass is 468 g/mol. The van der Waals surface area contributed by atoms with Crippen LogP contribution in [-0.2, 0) is 4.74 Å². The van der Waals surface area contributed by atoms with Gasteiger partial charge in [-0.25, -0.2) is 0 Å². The van der Waals surface area contributed by atoms with Crippen LogP contribution in [0.5, 0.6) is 23.0 Å². The van der Waals surface area contributed by atoms with Crippen LogP contribution < -0.4 is 9.47 Å². The largest absolute Gasteiger partial charge is 0.508 e. The van der Waals surface area contributed by atoms with Gasteiger partial charge in [-0.1, -0.05) is 6.07 Å². The number of rotatable bonds is 8. The van der Waals surface area contributed by atoms with Crippen molar-refractivity contribution < 1.29 is 55.1 Å². The molecule has 1 aliphatic heterocycles. The van der Waals surface area contributed by atoms with Crippen LogP contribution in [0.3, 0.4) is 0 Å². The van der Waals surface area contributed by atoms with Gasteiger partial charge in [0.15, 0.2) is 0 Å². The molecule has 1 aliphatic rings. The quantitative estimate of drug-likeness (QED) is 0.239. The van der Waals surface area contributed by atoms with Crippen molar-refractivity contribution in [3.8, 4) is 23.0 Å². The Morgan fingerprint density at radius 2 is 1.48 bits per heavy atom. The summed E-state index contributed by atoms with van der Waals surface area (Å²) in [4.78, 5) is 0. The molecule has 0 bridgehead atoms. The van der Waals surface area contributed by atoms with E-state index in [0.717, 1.165) is 6.07 Å². The number of methoxy groups -OCH3 is 1. The first-order chi connectivity index (χ1) is 15.7. The lowest BCUT2D eigenvalue weighted by Crippen LogP contribution is -2.60. The number of ether oxygens (including phenoxy) is 3. The fourth-order valence-corrected chi connectivity index (χ4v) is 3.69. The van der Waals surface area contributed by atoms with Gasteiger partial charge in [-0.15, -0.1) is 0 Å². The molecule has 0 amide bonds. The lowest BCUT2D eigenvalue weighted by Gasteiger charge is -2.39. The zero-order valence-electron chi connectivity index (χ0n) is 17.7. The average molecular weight is 468 g/mol. The Labute approximate surface area is 189 Å². The fraction of sp³-hybridized carbons (Fsp3) is 0.455. The van der Waals surface area contributed by atoms with Crippen LogP contribution in [0.4, 0.5) is 0 Å². The van der Waals surface area contributed by atoms with Crippen LogP contribution >= 0.6 is 0 Å². The first-order valence-electron chi connectivity index (χ1n) is 10.2. The number of benzene rings is 2. The molecule has 0 aromatic heterocycles. The molecule has 0 radical (unpaired) electrons. The maximum absolute atomic E-state index is 10.8. The van der Waals surface area contributed by atoms with Crippen LogP contribution in [0.15, 0.2) is 36.4 Å². The SMILES string of the molecule is COc1ccc([C@@H](CO)[C@@H](O)c2ccc(O[C@@H]3O[C@H](CO)[C@@H](O)[C@H](O)[C@H]3O)cc2O)c(O)c1. The zero-order valence-corrected chi connectivity index (χ0v) is 17.7. The third kappa shape index (κ3) is 5.14. The third-order valence-corrected chi connectivity index (χ3v) is 5.64. The van der Waals surface area contributed by atoms with Crippen LogP contribution in [0.25, 0.3) is 0 Å². The number of hydrogen-bond acceptors (Lipinski definition) is 11. The van der Waals surface area contributed by atoms with Gasteiger partial charge >= 0.3 is 0 Å². The standard InChI is InChI=1S/C22H28O11/c1-31-10-2-4-12(15(25)6-10)14(8-23)18(27)13-5-3-11(7-16(13)26)32-22-21(30)20(29)19(28)17(9-24)33-22/h2-7,14,17-30H,8-9H2,1H3/t14-,17-,18+,19-,20+,21-,22-/m1/s1. The summed E-state index contributed by atoms with van der Waals surface area (Å²) in [7, 11) is 1.43. The Kier molecular flexibility index (Phi) is 7.97. The molecule has 11 nitrogen and oxygen atoms in total. The molecular formula is C22H28O11. The highest BCUT2D eigenvalue weighted by Crippen LogP contribution is 2.40. The van der Waals surface area contributed by atoms with Crippen molar-refractivity contribution in [3.63, 3.8) is 0 Å². The Balaban J connectivity index is 1.79.